The summed E-state index contributed by atoms with van der Waals surface area (Å²) in [7, 11) is 0. The molecule has 5 nitrogen and oxygen atoms in total. The number of hydrogen-bond acceptors (Lipinski definition) is 4. The van der Waals surface area contributed by atoms with Crippen molar-refractivity contribution < 1.29 is 23.8 Å². The van der Waals surface area contributed by atoms with Gasteiger partial charge in [-0.2, -0.15) is 0 Å². The molecule has 0 aliphatic carbocycles. The third-order valence-corrected chi connectivity index (χ3v) is 5.43. The normalized spacial score (nSPS) is 20.6. The monoisotopic (exact) mass is 427 g/mol. The number of aliphatic hydroxyl groups is 1. The van der Waals surface area contributed by atoms with Gasteiger partial charge >= 0.3 is 0 Å². The molecule has 0 aromatic heterocycles. The fourth-order valence-electron chi connectivity index (χ4n) is 3.88. The van der Waals surface area contributed by atoms with Gasteiger partial charge in [-0.15, -0.1) is 0 Å². The summed E-state index contributed by atoms with van der Waals surface area (Å²) in [4.78, 5) is 12.8. The summed E-state index contributed by atoms with van der Waals surface area (Å²) in [5.74, 6) is -0.688. The van der Waals surface area contributed by atoms with Gasteiger partial charge in [0.05, 0.1) is 0 Å². The van der Waals surface area contributed by atoms with Gasteiger partial charge in [-0.3, -0.25) is 4.79 Å². The van der Waals surface area contributed by atoms with E-state index in [0.717, 1.165) is 17.5 Å². The van der Waals surface area contributed by atoms with Gasteiger partial charge in [-0.25, -0.2) is 4.39 Å². The number of hydrogen-bond donors (Lipinski definition) is 2. The molecule has 0 bridgehead atoms. The zero-order chi connectivity index (χ0) is 22.1. The van der Waals surface area contributed by atoms with Crippen LogP contribution in [0, 0.1) is 11.7 Å². The highest BCUT2D eigenvalue weighted by Crippen LogP contribution is 2.39. The first-order valence-electron chi connectivity index (χ1n) is 10.8. The molecule has 3 atom stereocenters. The van der Waals surface area contributed by atoms with E-state index in [-0.39, 0.29) is 35.9 Å². The first-order valence-corrected chi connectivity index (χ1v) is 10.8. The van der Waals surface area contributed by atoms with Gasteiger partial charge in [0, 0.05) is 31.6 Å². The lowest BCUT2D eigenvalue weighted by Gasteiger charge is -2.37. The van der Waals surface area contributed by atoms with Gasteiger partial charge in [-0.1, -0.05) is 42.5 Å². The number of benzene rings is 2. The SMILES string of the molecule is CCO[C@H]1OC(C(=O)NCCc2ccccc2)=C[C@@H](c2ccc(F)cc2)[C@@H]1CCCO. The topological polar surface area (TPSA) is 67.8 Å². The van der Waals surface area contributed by atoms with Crippen LogP contribution in [0.4, 0.5) is 4.39 Å². The standard InChI is InChI=1S/C25H30FNO4/c1-2-30-25-21(9-6-16-28)22(19-10-12-20(26)13-11-19)17-23(31-25)24(29)27-15-14-18-7-4-3-5-8-18/h3-5,7-8,10-13,17,21-22,25,28H,2,6,9,14-16H2,1H3,(H,27,29)/t21-,22-,25-/m0/s1. The molecular weight excluding hydrogens is 397 g/mol. The Kier molecular flexibility index (Phi) is 8.62. The number of rotatable bonds is 10. The van der Waals surface area contributed by atoms with Crippen LogP contribution in [-0.4, -0.2) is 37.1 Å². The van der Waals surface area contributed by atoms with Gasteiger partial charge in [0.2, 0.25) is 6.29 Å². The maximum atomic E-state index is 13.5. The maximum Gasteiger partial charge on any atom is 0.286 e. The molecule has 2 aromatic rings. The summed E-state index contributed by atoms with van der Waals surface area (Å²) in [5, 5.41) is 12.2. The molecular formula is C25H30FNO4. The maximum absolute atomic E-state index is 13.5. The van der Waals surface area contributed by atoms with E-state index in [1.165, 1.54) is 12.1 Å². The van der Waals surface area contributed by atoms with Crippen LogP contribution in [0.1, 0.15) is 36.8 Å². The Morgan fingerprint density at radius 3 is 2.58 bits per heavy atom. The second kappa shape index (κ2) is 11.6. The molecule has 166 valence electrons. The fourth-order valence-corrected chi connectivity index (χ4v) is 3.88. The Bertz CT molecular complexity index is 854. The van der Waals surface area contributed by atoms with E-state index in [1.807, 2.05) is 37.3 Å². The molecule has 0 saturated carbocycles. The van der Waals surface area contributed by atoms with Crippen molar-refractivity contribution in [3.05, 3.63) is 83.4 Å². The van der Waals surface area contributed by atoms with Gasteiger partial charge in [0.1, 0.15) is 5.82 Å². The van der Waals surface area contributed by atoms with Crippen LogP contribution in [0.25, 0.3) is 0 Å². The van der Waals surface area contributed by atoms with Crippen molar-refractivity contribution in [3.8, 4) is 0 Å². The molecule has 1 heterocycles. The molecule has 1 aliphatic heterocycles. The summed E-state index contributed by atoms with van der Waals surface area (Å²) in [6.07, 6.45) is 3.13. The number of carbonyl (C=O) groups excluding carboxylic acids is 1. The lowest BCUT2D eigenvalue weighted by molar-refractivity contribution is -0.166. The number of allylic oxidation sites excluding steroid dienone is 1. The quantitative estimate of drug-likeness (QED) is 0.603. The van der Waals surface area contributed by atoms with Crippen molar-refractivity contribution in [2.75, 3.05) is 19.8 Å². The molecule has 2 aromatic carbocycles. The van der Waals surface area contributed by atoms with Gasteiger partial charge in [0.25, 0.3) is 5.91 Å². The van der Waals surface area contributed by atoms with Crippen molar-refractivity contribution in [2.45, 2.75) is 38.4 Å². The van der Waals surface area contributed by atoms with E-state index in [1.54, 1.807) is 18.2 Å². The molecule has 3 rings (SSSR count). The second-order valence-corrected chi connectivity index (χ2v) is 7.57. The minimum Gasteiger partial charge on any atom is -0.459 e. The van der Waals surface area contributed by atoms with Crippen LogP contribution in [0.3, 0.4) is 0 Å². The summed E-state index contributed by atoms with van der Waals surface area (Å²) >= 11 is 0. The molecule has 0 fully saturated rings. The van der Waals surface area contributed by atoms with E-state index in [4.69, 9.17) is 9.47 Å². The highest BCUT2D eigenvalue weighted by Gasteiger charge is 2.37. The van der Waals surface area contributed by atoms with E-state index in [9.17, 15) is 14.3 Å². The minimum absolute atomic E-state index is 0.0576. The van der Waals surface area contributed by atoms with E-state index < -0.39 is 6.29 Å². The van der Waals surface area contributed by atoms with Crippen molar-refractivity contribution in [1.29, 1.82) is 0 Å². The van der Waals surface area contributed by atoms with E-state index >= 15 is 0 Å². The Balaban J connectivity index is 1.78. The summed E-state index contributed by atoms with van der Waals surface area (Å²) < 4.78 is 25.2. The molecule has 6 heteroatoms. The van der Waals surface area contributed by atoms with Crippen LogP contribution in [-0.2, 0) is 20.7 Å². The second-order valence-electron chi connectivity index (χ2n) is 7.57. The lowest BCUT2D eigenvalue weighted by atomic mass is 9.80. The third kappa shape index (κ3) is 6.39. The number of halogens is 1. The zero-order valence-corrected chi connectivity index (χ0v) is 17.8. The van der Waals surface area contributed by atoms with E-state index in [2.05, 4.69) is 5.32 Å². The number of nitrogens with one attached hydrogen (secondary N) is 1. The number of carbonyl (C=O) groups is 1. The van der Waals surface area contributed by atoms with Crippen LogP contribution < -0.4 is 5.32 Å². The Morgan fingerprint density at radius 2 is 1.90 bits per heavy atom. The minimum atomic E-state index is -0.619. The first-order chi connectivity index (χ1) is 15.1. The summed E-state index contributed by atoms with van der Waals surface area (Å²) in [6, 6.07) is 16.2. The average Bonchev–Trinajstić information content (AvgIpc) is 2.79. The number of ether oxygens (including phenoxy) is 2. The van der Waals surface area contributed by atoms with Crippen molar-refractivity contribution in [2.24, 2.45) is 5.92 Å². The Morgan fingerprint density at radius 1 is 1.16 bits per heavy atom. The molecule has 1 amide bonds. The van der Waals surface area contributed by atoms with Crippen molar-refractivity contribution >= 4 is 5.91 Å². The Hall–Kier alpha value is -2.70. The largest absolute Gasteiger partial charge is 0.459 e. The van der Waals surface area contributed by atoms with Crippen LogP contribution in [0.2, 0.25) is 0 Å². The molecule has 31 heavy (non-hydrogen) atoms. The van der Waals surface area contributed by atoms with E-state index in [0.29, 0.717) is 26.0 Å². The number of aliphatic hydroxyl groups excluding tert-OH is 1. The van der Waals surface area contributed by atoms with Gasteiger partial charge in [-0.05, 0) is 55.5 Å². The average molecular weight is 428 g/mol. The summed E-state index contributed by atoms with van der Waals surface area (Å²) in [6.45, 7) is 2.84. The third-order valence-electron chi connectivity index (χ3n) is 5.43. The lowest BCUT2D eigenvalue weighted by Crippen LogP contribution is -2.39. The molecule has 0 saturated heterocycles. The van der Waals surface area contributed by atoms with Crippen LogP contribution >= 0.6 is 0 Å². The smallest absolute Gasteiger partial charge is 0.286 e. The number of amides is 1. The highest BCUT2D eigenvalue weighted by molar-refractivity contribution is 5.91. The van der Waals surface area contributed by atoms with Crippen molar-refractivity contribution in [3.63, 3.8) is 0 Å². The molecule has 2 N–H and O–H groups in total. The first kappa shape index (κ1) is 23.0. The fraction of sp³-hybridized carbons (Fsp3) is 0.400. The molecule has 0 spiro atoms. The zero-order valence-electron chi connectivity index (χ0n) is 17.8. The van der Waals surface area contributed by atoms with Gasteiger partial charge < -0.3 is 19.9 Å². The highest BCUT2D eigenvalue weighted by atomic mass is 19.1. The molecule has 0 unspecified atom stereocenters. The predicted molar refractivity (Wildman–Crippen MR) is 117 cm³/mol. The molecule has 1 aliphatic rings. The summed E-state index contributed by atoms with van der Waals surface area (Å²) in [5.41, 5.74) is 2.02. The Labute approximate surface area is 182 Å². The van der Waals surface area contributed by atoms with Crippen LogP contribution in [0.15, 0.2) is 66.4 Å². The van der Waals surface area contributed by atoms with Gasteiger partial charge in [0.15, 0.2) is 5.76 Å². The van der Waals surface area contributed by atoms with Crippen molar-refractivity contribution in [1.82, 2.24) is 5.32 Å². The molecule has 0 radical (unpaired) electrons. The predicted octanol–water partition coefficient (Wildman–Crippen LogP) is 3.93. The van der Waals surface area contributed by atoms with Crippen LogP contribution in [0.5, 0.6) is 0 Å².